The van der Waals surface area contributed by atoms with E-state index >= 15 is 0 Å². The van der Waals surface area contributed by atoms with Gasteiger partial charge >= 0.3 is 0 Å². The summed E-state index contributed by atoms with van der Waals surface area (Å²) in [6, 6.07) is 10.9. The van der Waals surface area contributed by atoms with Crippen LogP contribution in [0.4, 0.5) is 0 Å². The van der Waals surface area contributed by atoms with E-state index in [9.17, 15) is 4.79 Å². The van der Waals surface area contributed by atoms with E-state index in [1.54, 1.807) is 30.7 Å². The Bertz CT molecular complexity index is 724. The average Bonchev–Trinajstić information content (AvgIpc) is 3.08. The summed E-state index contributed by atoms with van der Waals surface area (Å²) in [7, 11) is 0. The molecule has 0 bridgehead atoms. The highest BCUT2D eigenvalue weighted by Gasteiger charge is 2.08. The maximum atomic E-state index is 11.8. The maximum Gasteiger partial charge on any atom is 0.287 e. The normalized spacial score (nSPS) is 10.3. The molecule has 21 heavy (non-hydrogen) atoms. The predicted octanol–water partition coefficient (Wildman–Crippen LogP) is 2.67. The SMILES string of the molecule is O=C(NCc1ccnc(-c2ccncc2)c1)c1ccco1. The second-order valence-corrected chi connectivity index (χ2v) is 4.45. The molecule has 1 N–H and O–H groups in total. The Labute approximate surface area is 121 Å². The number of hydrogen-bond acceptors (Lipinski definition) is 4. The second-order valence-electron chi connectivity index (χ2n) is 4.45. The standard InChI is InChI=1S/C16H13N3O2/c20-16(15-2-1-9-21-15)19-11-12-3-8-18-14(10-12)13-4-6-17-7-5-13/h1-10H,11H2,(H,19,20). The number of rotatable bonds is 4. The van der Waals surface area contributed by atoms with Crippen molar-refractivity contribution in [2.24, 2.45) is 0 Å². The van der Waals surface area contributed by atoms with Gasteiger partial charge in [0.25, 0.3) is 5.91 Å². The summed E-state index contributed by atoms with van der Waals surface area (Å²) in [6.45, 7) is 0.417. The van der Waals surface area contributed by atoms with Gasteiger partial charge in [0.1, 0.15) is 0 Å². The summed E-state index contributed by atoms with van der Waals surface area (Å²) < 4.78 is 5.05. The predicted molar refractivity (Wildman–Crippen MR) is 77.3 cm³/mol. The molecule has 3 aromatic heterocycles. The minimum Gasteiger partial charge on any atom is -0.459 e. The molecule has 3 heterocycles. The minimum atomic E-state index is -0.234. The second kappa shape index (κ2) is 6.00. The molecule has 3 rings (SSSR count). The van der Waals surface area contributed by atoms with Crippen molar-refractivity contribution in [3.8, 4) is 11.3 Å². The summed E-state index contributed by atoms with van der Waals surface area (Å²) in [5.41, 5.74) is 2.81. The Morgan fingerprint density at radius 3 is 2.76 bits per heavy atom. The number of pyridine rings is 2. The van der Waals surface area contributed by atoms with E-state index in [2.05, 4.69) is 15.3 Å². The molecule has 0 saturated carbocycles. The number of carbonyl (C=O) groups is 1. The smallest absolute Gasteiger partial charge is 0.287 e. The van der Waals surface area contributed by atoms with Crippen molar-refractivity contribution in [2.45, 2.75) is 6.54 Å². The molecule has 0 aliphatic carbocycles. The Morgan fingerprint density at radius 1 is 1.14 bits per heavy atom. The van der Waals surface area contributed by atoms with Crippen LogP contribution in [-0.2, 0) is 6.54 Å². The third-order valence-corrected chi connectivity index (χ3v) is 3.00. The molecule has 0 fully saturated rings. The Kier molecular flexibility index (Phi) is 3.73. The average molecular weight is 279 g/mol. The Morgan fingerprint density at radius 2 is 2.00 bits per heavy atom. The molecule has 0 aromatic carbocycles. The number of furan rings is 1. The number of nitrogens with zero attached hydrogens (tertiary/aromatic N) is 2. The summed E-state index contributed by atoms with van der Waals surface area (Å²) in [5.74, 6) is 0.0701. The number of carbonyl (C=O) groups excluding carboxylic acids is 1. The van der Waals surface area contributed by atoms with Gasteiger partial charge in [-0.3, -0.25) is 14.8 Å². The highest BCUT2D eigenvalue weighted by molar-refractivity contribution is 5.91. The van der Waals surface area contributed by atoms with E-state index < -0.39 is 0 Å². The van der Waals surface area contributed by atoms with Gasteiger partial charge in [0.15, 0.2) is 5.76 Å². The molecule has 0 saturated heterocycles. The molecule has 1 amide bonds. The van der Waals surface area contributed by atoms with E-state index in [4.69, 9.17) is 4.42 Å². The highest BCUT2D eigenvalue weighted by atomic mass is 16.3. The number of hydrogen-bond donors (Lipinski definition) is 1. The van der Waals surface area contributed by atoms with Gasteiger partial charge in [-0.2, -0.15) is 0 Å². The van der Waals surface area contributed by atoms with Crippen LogP contribution in [0.5, 0.6) is 0 Å². The summed E-state index contributed by atoms with van der Waals surface area (Å²) in [4.78, 5) is 20.1. The zero-order valence-corrected chi connectivity index (χ0v) is 11.2. The van der Waals surface area contributed by atoms with Crippen molar-refractivity contribution >= 4 is 5.91 Å². The van der Waals surface area contributed by atoms with Crippen LogP contribution < -0.4 is 5.32 Å². The molecule has 104 valence electrons. The molecule has 0 spiro atoms. The monoisotopic (exact) mass is 279 g/mol. The van der Waals surface area contributed by atoms with Crippen LogP contribution in [0.25, 0.3) is 11.3 Å². The molecule has 5 heteroatoms. The lowest BCUT2D eigenvalue weighted by molar-refractivity contribution is 0.0923. The van der Waals surface area contributed by atoms with Crippen LogP contribution in [0.3, 0.4) is 0 Å². The van der Waals surface area contributed by atoms with Gasteiger partial charge in [0.2, 0.25) is 0 Å². The van der Waals surface area contributed by atoms with Crippen molar-refractivity contribution in [2.75, 3.05) is 0 Å². The van der Waals surface area contributed by atoms with E-state index in [1.807, 2.05) is 24.3 Å². The molecule has 3 aromatic rings. The van der Waals surface area contributed by atoms with E-state index in [0.29, 0.717) is 12.3 Å². The molecular weight excluding hydrogens is 266 g/mol. The third-order valence-electron chi connectivity index (χ3n) is 3.00. The van der Waals surface area contributed by atoms with Crippen molar-refractivity contribution in [3.63, 3.8) is 0 Å². The van der Waals surface area contributed by atoms with Gasteiger partial charge in [0.05, 0.1) is 12.0 Å². The fraction of sp³-hybridized carbons (Fsp3) is 0.0625. The first-order valence-electron chi connectivity index (χ1n) is 6.50. The Balaban J connectivity index is 1.71. The Hall–Kier alpha value is -2.95. The van der Waals surface area contributed by atoms with Crippen LogP contribution in [0.15, 0.2) is 65.7 Å². The first-order valence-corrected chi connectivity index (χ1v) is 6.50. The van der Waals surface area contributed by atoms with Gasteiger partial charge in [0, 0.05) is 30.7 Å². The zero-order valence-electron chi connectivity index (χ0n) is 11.2. The van der Waals surface area contributed by atoms with Crippen molar-refractivity contribution < 1.29 is 9.21 Å². The van der Waals surface area contributed by atoms with Crippen LogP contribution >= 0.6 is 0 Å². The fourth-order valence-corrected chi connectivity index (χ4v) is 1.94. The molecule has 0 aliphatic rings. The summed E-state index contributed by atoms with van der Waals surface area (Å²) in [6.07, 6.45) is 6.65. The first-order chi connectivity index (χ1) is 10.3. The van der Waals surface area contributed by atoms with Gasteiger partial charge < -0.3 is 9.73 Å². The minimum absolute atomic E-state index is 0.234. The number of nitrogens with one attached hydrogen (secondary N) is 1. The fourth-order valence-electron chi connectivity index (χ4n) is 1.94. The van der Waals surface area contributed by atoms with Gasteiger partial charge in [-0.1, -0.05) is 0 Å². The first kappa shape index (κ1) is 13.1. The number of aromatic nitrogens is 2. The molecule has 5 nitrogen and oxygen atoms in total. The summed E-state index contributed by atoms with van der Waals surface area (Å²) in [5, 5.41) is 2.81. The summed E-state index contributed by atoms with van der Waals surface area (Å²) >= 11 is 0. The topological polar surface area (TPSA) is 68.0 Å². The quantitative estimate of drug-likeness (QED) is 0.797. The molecule has 0 radical (unpaired) electrons. The van der Waals surface area contributed by atoms with Crippen molar-refractivity contribution in [3.05, 3.63) is 72.6 Å². The lowest BCUT2D eigenvalue weighted by Gasteiger charge is -2.06. The van der Waals surface area contributed by atoms with Crippen LogP contribution in [0.2, 0.25) is 0 Å². The van der Waals surface area contributed by atoms with Gasteiger partial charge in [-0.15, -0.1) is 0 Å². The molecule has 0 unspecified atom stereocenters. The maximum absolute atomic E-state index is 11.8. The van der Waals surface area contributed by atoms with Gasteiger partial charge in [-0.05, 0) is 42.0 Å². The van der Waals surface area contributed by atoms with E-state index in [-0.39, 0.29) is 5.91 Å². The zero-order chi connectivity index (χ0) is 14.5. The van der Waals surface area contributed by atoms with Crippen LogP contribution in [0, 0.1) is 0 Å². The number of amides is 1. The molecular formula is C16H13N3O2. The van der Waals surface area contributed by atoms with Crippen molar-refractivity contribution in [1.82, 2.24) is 15.3 Å². The lowest BCUT2D eigenvalue weighted by Crippen LogP contribution is -2.22. The van der Waals surface area contributed by atoms with Crippen molar-refractivity contribution in [1.29, 1.82) is 0 Å². The third kappa shape index (κ3) is 3.14. The highest BCUT2D eigenvalue weighted by Crippen LogP contribution is 2.16. The van der Waals surface area contributed by atoms with E-state index in [1.165, 1.54) is 6.26 Å². The van der Waals surface area contributed by atoms with Crippen LogP contribution in [-0.4, -0.2) is 15.9 Å². The lowest BCUT2D eigenvalue weighted by atomic mass is 10.1. The van der Waals surface area contributed by atoms with Crippen LogP contribution in [0.1, 0.15) is 16.1 Å². The van der Waals surface area contributed by atoms with E-state index in [0.717, 1.165) is 16.8 Å². The molecule has 0 aliphatic heterocycles. The molecule has 0 atom stereocenters. The van der Waals surface area contributed by atoms with Gasteiger partial charge in [-0.25, -0.2) is 0 Å². The largest absolute Gasteiger partial charge is 0.459 e.